The van der Waals surface area contributed by atoms with E-state index in [0.717, 1.165) is 11.1 Å². The van der Waals surface area contributed by atoms with Crippen LogP contribution in [-0.2, 0) is 25.7 Å². The number of ether oxygens (including phenoxy) is 1. The summed E-state index contributed by atoms with van der Waals surface area (Å²) in [5.74, 6) is -2.06. The molecule has 152 valence electrons. The normalized spacial score (nSPS) is 17.1. The number of nitrogens with zero attached hydrogens (tertiary/aromatic N) is 1. The standard InChI is InChI=1S/C22H23FN2O4/c1-15(17-5-3-2-4-6-17)25-13-18(11-21(25)27)22(28)29-14-20(26)24-12-16-7-9-19(23)10-8-16/h2-10,15,18H,11-14H2,1H3,(H,24,26)/t15-,18-/m0/s1. The molecule has 3 rings (SSSR count). The molecular formula is C22H23FN2O4. The Morgan fingerprint density at radius 1 is 1.17 bits per heavy atom. The van der Waals surface area contributed by atoms with E-state index in [0.29, 0.717) is 0 Å². The van der Waals surface area contributed by atoms with Gasteiger partial charge in [0, 0.05) is 19.5 Å². The Hall–Kier alpha value is -3.22. The molecule has 0 saturated carbocycles. The molecule has 0 aliphatic carbocycles. The summed E-state index contributed by atoms with van der Waals surface area (Å²) in [6.07, 6.45) is 0.0766. The van der Waals surface area contributed by atoms with Gasteiger partial charge in [-0.15, -0.1) is 0 Å². The quantitative estimate of drug-likeness (QED) is 0.728. The third-order valence-electron chi connectivity index (χ3n) is 4.99. The molecule has 1 fully saturated rings. The molecule has 0 unspecified atom stereocenters. The van der Waals surface area contributed by atoms with Crippen molar-refractivity contribution in [2.75, 3.05) is 13.2 Å². The van der Waals surface area contributed by atoms with E-state index in [9.17, 15) is 18.8 Å². The van der Waals surface area contributed by atoms with Crippen LogP contribution >= 0.6 is 0 Å². The summed E-state index contributed by atoms with van der Waals surface area (Å²) in [5, 5.41) is 2.61. The van der Waals surface area contributed by atoms with Crippen LogP contribution in [0.1, 0.15) is 30.5 Å². The molecule has 2 amide bonds. The van der Waals surface area contributed by atoms with E-state index < -0.39 is 24.4 Å². The summed E-state index contributed by atoms with van der Waals surface area (Å²) < 4.78 is 18.0. The number of carbonyl (C=O) groups is 3. The second-order valence-electron chi connectivity index (χ2n) is 7.04. The van der Waals surface area contributed by atoms with Crippen LogP contribution in [0.5, 0.6) is 0 Å². The second kappa shape index (κ2) is 9.32. The molecule has 7 heteroatoms. The Balaban J connectivity index is 1.45. The molecule has 1 aliphatic rings. The van der Waals surface area contributed by atoms with Gasteiger partial charge in [0.05, 0.1) is 12.0 Å². The largest absolute Gasteiger partial charge is 0.455 e. The fraction of sp³-hybridized carbons (Fsp3) is 0.318. The first-order chi connectivity index (χ1) is 13.9. The highest BCUT2D eigenvalue weighted by Crippen LogP contribution is 2.28. The molecule has 0 aromatic heterocycles. The van der Waals surface area contributed by atoms with Crippen molar-refractivity contribution < 1.29 is 23.5 Å². The number of esters is 1. The van der Waals surface area contributed by atoms with Gasteiger partial charge in [-0.05, 0) is 30.2 Å². The molecule has 2 aromatic carbocycles. The lowest BCUT2D eigenvalue weighted by molar-refractivity contribution is -0.152. The Bertz CT molecular complexity index is 870. The molecular weight excluding hydrogens is 375 g/mol. The van der Waals surface area contributed by atoms with Gasteiger partial charge >= 0.3 is 5.97 Å². The number of hydrogen-bond acceptors (Lipinski definition) is 4. The highest BCUT2D eigenvalue weighted by atomic mass is 19.1. The minimum absolute atomic E-state index is 0.0766. The van der Waals surface area contributed by atoms with Crippen LogP contribution in [0.2, 0.25) is 0 Å². The van der Waals surface area contributed by atoms with Gasteiger partial charge < -0.3 is 15.0 Å². The van der Waals surface area contributed by atoms with Crippen molar-refractivity contribution in [2.24, 2.45) is 5.92 Å². The number of rotatable bonds is 7. The van der Waals surface area contributed by atoms with Crippen molar-refractivity contribution in [1.29, 1.82) is 0 Å². The molecule has 1 aliphatic heterocycles. The highest BCUT2D eigenvalue weighted by molar-refractivity contribution is 5.88. The molecule has 1 heterocycles. The first-order valence-electron chi connectivity index (χ1n) is 9.46. The highest BCUT2D eigenvalue weighted by Gasteiger charge is 2.38. The van der Waals surface area contributed by atoms with Crippen LogP contribution in [0.4, 0.5) is 4.39 Å². The van der Waals surface area contributed by atoms with Crippen molar-refractivity contribution in [3.8, 4) is 0 Å². The topological polar surface area (TPSA) is 75.7 Å². The molecule has 1 N–H and O–H groups in total. The number of carbonyl (C=O) groups excluding carboxylic acids is 3. The summed E-state index contributed by atoms with van der Waals surface area (Å²) in [4.78, 5) is 38.2. The second-order valence-corrected chi connectivity index (χ2v) is 7.04. The number of benzene rings is 2. The molecule has 2 aromatic rings. The third-order valence-corrected chi connectivity index (χ3v) is 4.99. The Labute approximate surface area is 168 Å². The van der Waals surface area contributed by atoms with Gasteiger partial charge in [0.2, 0.25) is 5.91 Å². The predicted octanol–water partition coefficient (Wildman–Crippen LogP) is 2.59. The van der Waals surface area contributed by atoms with Gasteiger partial charge in [-0.3, -0.25) is 14.4 Å². The van der Waals surface area contributed by atoms with Gasteiger partial charge in [-0.2, -0.15) is 0 Å². The predicted molar refractivity (Wildman–Crippen MR) is 104 cm³/mol. The zero-order chi connectivity index (χ0) is 20.8. The number of likely N-dealkylation sites (tertiary alicyclic amines) is 1. The SMILES string of the molecule is C[C@@H](c1ccccc1)N1C[C@@H](C(=O)OCC(=O)NCc2ccc(F)cc2)CC1=O. The summed E-state index contributed by atoms with van der Waals surface area (Å²) in [7, 11) is 0. The van der Waals surface area contributed by atoms with Gasteiger partial charge in [-0.1, -0.05) is 42.5 Å². The van der Waals surface area contributed by atoms with Crippen molar-refractivity contribution >= 4 is 17.8 Å². The average molecular weight is 398 g/mol. The molecule has 1 saturated heterocycles. The molecule has 0 radical (unpaired) electrons. The lowest BCUT2D eigenvalue weighted by Gasteiger charge is -2.25. The van der Waals surface area contributed by atoms with Crippen LogP contribution < -0.4 is 5.32 Å². The van der Waals surface area contributed by atoms with Crippen molar-refractivity contribution in [3.63, 3.8) is 0 Å². The van der Waals surface area contributed by atoms with E-state index in [4.69, 9.17) is 4.74 Å². The Kier molecular flexibility index (Phi) is 6.59. The van der Waals surface area contributed by atoms with E-state index in [1.165, 1.54) is 12.1 Å². The maximum atomic E-state index is 12.9. The van der Waals surface area contributed by atoms with Gasteiger partial charge in [0.15, 0.2) is 6.61 Å². The minimum Gasteiger partial charge on any atom is -0.455 e. The lowest BCUT2D eigenvalue weighted by atomic mass is 10.1. The zero-order valence-corrected chi connectivity index (χ0v) is 16.1. The molecule has 2 atom stereocenters. The first-order valence-corrected chi connectivity index (χ1v) is 9.46. The summed E-state index contributed by atoms with van der Waals surface area (Å²) in [6.45, 7) is 1.98. The maximum Gasteiger partial charge on any atom is 0.311 e. The van der Waals surface area contributed by atoms with Crippen LogP contribution in [0, 0.1) is 11.7 Å². The van der Waals surface area contributed by atoms with Crippen molar-refractivity contribution in [1.82, 2.24) is 10.2 Å². The summed E-state index contributed by atoms with van der Waals surface area (Å²) in [6, 6.07) is 15.2. The van der Waals surface area contributed by atoms with Crippen molar-refractivity contribution in [3.05, 3.63) is 71.5 Å². The molecule has 0 spiro atoms. The fourth-order valence-corrected chi connectivity index (χ4v) is 3.28. The van der Waals surface area contributed by atoms with Crippen LogP contribution in [0.15, 0.2) is 54.6 Å². The van der Waals surface area contributed by atoms with Crippen molar-refractivity contribution in [2.45, 2.75) is 25.9 Å². The van der Waals surface area contributed by atoms with Crippen LogP contribution in [0.25, 0.3) is 0 Å². The zero-order valence-electron chi connectivity index (χ0n) is 16.1. The van der Waals surface area contributed by atoms with Gasteiger partial charge in [-0.25, -0.2) is 4.39 Å². The van der Waals surface area contributed by atoms with E-state index in [1.54, 1.807) is 17.0 Å². The molecule has 6 nitrogen and oxygen atoms in total. The van der Waals surface area contributed by atoms with Crippen LogP contribution in [-0.4, -0.2) is 35.8 Å². The van der Waals surface area contributed by atoms with Crippen LogP contribution in [0.3, 0.4) is 0 Å². The first kappa shape index (κ1) is 20.5. The number of halogens is 1. The van der Waals surface area contributed by atoms with Gasteiger partial charge in [0.1, 0.15) is 5.82 Å². The lowest BCUT2D eigenvalue weighted by Crippen LogP contribution is -2.32. The fourth-order valence-electron chi connectivity index (χ4n) is 3.28. The summed E-state index contributed by atoms with van der Waals surface area (Å²) in [5.41, 5.74) is 1.73. The maximum absolute atomic E-state index is 12.9. The molecule has 29 heavy (non-hydrogen) atoms. The smallest absolute Gasteiger partial charge is 0.311 e. The van der Waals surface area contributed by atoms with E-state index in [-0.39, 0.29) is 37.3 Å². The Morgan fingerprint density at radius 3 is 2.55 bits per heavy atom. The minimum atomic E-state index is -0.585. The monoisotopic (exact) mass is 398 g/mol. The average Bonchev–Trinajstić information content (AvgIpc) is 3.13. The van der Waals surface area contributed by atoms with E-state index in [2.05, 4.69) is 5.32 Å². The molecule has 0 bridgehead atoms. The third kappa shape index (κ3) is 5.40. The number of nitrogens with one attached hydrogen (secondary N) is 1. The Morgan fingerprint density at radius 2 is 1.86 bits per heavy atom. The summed E-state index contributed by atoms with van der Waals surface area (Å²) >= 11 is 0. The number of amides is 2. The van der Waals surface area contributed by atoms with E-state index in [1.807, 2.05) is 37.3 Å². The van der Waals surface area contributed by atoms with Gasteiger partial charge in [0.25, 0.3) is 5.91 Å². The number of hydrogen-bond donors (Lipinski definition) is 1. The van der Waals surface area contributed by atoms with E-state index >= 15 is 0 Å².